The number of benzene rings is 1. The number of rotatable bonds is 5. The van der Waals surface area contributed by atoms with Gasteiger partial charge in [-0.3, -0.25) is 9.79 Å². The van der Waals surface area contributed by atoms with Crippen molar-refractivity contribution in [2.75, 3.05) is 18.4 Å². The molecular weight excluding hydrogens is 240 g/mol. The minimum absolute atomic E-state index is 0.00764. The second-order valence-electron chi connectivity index (χ2n) is 4.71. The molecule has 1 aromatic rings. The van der Waals surface area contributed by atoms with Crippen molar-refractivity contribution in [1.82, 2.24) is 5.32 Å². The van der Waals surface area contributed by atoms with E-state index in [0.717, 1.165) is 11.3 Å². The van der Waals surface area contributed by atoms with Gasteiger partial charge in [0.2, 0.25) is 5.91 Å². The molecule has 0 bridgehead atoms. The average Bonchev–Trinajstić information content (AvgIpc) is 2.34. The van der Waals surface area contributed by atoms with Gasteiger partial charge in [-0.25, -0.2) is 0 Å². The van der Waals surface area contributed by atoms with Crippen molar-refractivity contribution in [3.63, 3.8) is 0 Å². The van der Waals surface area contributed by atoms with E-state index in [1.54, 1.807) is 0 Å². The summed E-state index contributed by atoms with van der Waals surface area (Å²) in [6, 6.07) is 7.88. The quantitative estimate of drug-likeness (QED) is 0.427. The van der Waals surface area contributed by atoms with Crippen LogP contribution >= 0.6 is 0 Å². The van der Waals surface area contributed by atoms with Crippen LogP contribution in [0.4, 0.5) is 5.69 Å². The highest BCUT2D eigenvalue weighted by Gasteiger charge is 2.04. The first-order chi connectivity index (χ1) is 8.99. The second-order valence-corrected chi connectivity index (χ2v) is 4.71. The Kier molecular flexibility index (Phi) is 5.85. The fraction of sp³-hybridized carbons (Fsp3) is 0.429. The highest BCUT2D eigenvalue weighted by atomic mass is 16.1. The van der Waals surface area contributed by atoms with Crippen molar-refractivity contribution >= 4 is 17.6 Å². The number of nitrogens with zero attached hydrogens (tertiary/aromatic N) is 1. The monoisotopic (exact) mass is 262 g/mol. The fourth-order valence-electron chi connectivity index (χ4n) is 1.47. The van der Waals surface area contributed by atoms with Gasteiger partial charge in [0.05, 0.1) is 6.54 Å². The number of anilines is 1. The molecule has 0 aromatic heterocycles. The molecule has 104 valence electrons. The minimum atomic E-state index is -0.00764. The van der Waals surface area contributed by atoms with Gasteiger partial charge in [-0.15, -0.1) is 0 Å². The number of hydrogen-bond donors (Lipinski definition) is 3. The summed E-state index contributed by atoms with van der Waals surface area (Å²) >= 11 is 0. The van der Waals surface area contributed by atoms with E-state index in [1.807, 2.05) is 45.0 Å². The van der Waals surface area contributed by atoms with Crippen molar-refractivity contribution in [3.05, 3.63) is 29.8 Å². The topological polar surface area (TPSA) is 79.5 Å². The van der Waals surface area contributed by atoms with E-state index in [1.165, 1.54) is 0 Å². The first-order valence-corrected chi connectivity index (χ1v) is 6.40. The molecule has 0 saturated carbocycles. The van der Waals surface area contributed by atoms with Crippen molar-refractivity contribution < 1.29 is 4.79 Å². The molecule has 0 aliphatic heterocycles. The summed E-state index contributed by atoms with van der Waals surface area (Å²) < 4.78 is 0. The molecule has 1 amide bonds. The van der Waals surface area contributed by atoms with Gasteiger partial charge in [-0.1, -0.05) is 26.0 Å². The zero-order chi connectivity index (χ0) is 14.3. The van der Waals surface area contributed by atoms with Crippen LogP contribution in [0.2, 0.25) is 0 Å². The van der Waals surface area contributed by atoms with Crippen LogP contribution < -0.4 is 16.4 Å². The molecule has 0 aliphatic rings. The third-order valence-electron chi connectivity index (χ3n) is 2.51. The van der Waals surface area contributed by atoms with Crippen LogP contribution in [-0.4, -0.2) is 25.0 Å². The summed E-state index contributed by atoms with van der Waals surface area (Å²) in [5, 5.41) is 5.79. The number of carbonyl (C=O) groups excluding carboxylic acids is 1. The first-order valence-electron chi connectivity index (χ1n) is 6.40. The molecule has 0 heterocycles. The smallest absolute Gasteiger partial charge is 0.222 e. The third kappa shape index (κ3) is 5.90. The van der Waals surface area contributed by atoms with E-state index in [0.29, 0.717) is 19.0 Å². The summed E-state index contributed by atoms with van der Waals surface area (Å²) in [6.07, 6.45) is 0. The zero-order valence-corrected chi connectivity index (χ0v) is 11.7. The molecule has 5 heteroatoms. The van der Waals surface area contributed by atoms with E-state index in [4.69, 9.17) is 5.73 Å². The minimum Gasteiger partial charge on any atom is -0.370 e. The molecule has 0 aliphatic carbocycles. The molecule has 0 unspecified atom stereocenters. The number of aryl methyl sites for hydroxylation is 1. The molecule has 19 heavy (non-hydrogen) atoms. The Morgan fingerprint density at radius 3 is 2.79 bits per heavy atom. The molecule has 5 nitrogen and oxygen atoms in total. The van der Waals surface area contributed by atoms with Gasteiger partial charge in [-0.2, -0.15) is 0 Å². The molecule has 0 fully saturated rings. The summed E-state index contributed by atoms with van der Waals surface area (Å²) in [5.41, 5.74) is 7.82. The molecular formula is C14H22N4O. The molecule has 0 saturated heterocycles. The average molecular weight is 262 g/mol. The largest absolute Gasteiger partial charge is 0.370 e. The standard InChI is InChI=1S/C14H22N4O/c1-10(2)13(19)16-7-8-17-14(15)18-12-6-4-5-11(3)9-12/h4-6,9-10H,7-8H2,1-3H3,(H,16,19)(H3,15,17,18). The second kappa shape index (κ2) is 7.41. The molecule has 4 N–H and O–H groups in total. The highest BCUT2D eigenvalue weighted by molar-refractivity contribution is 5.92. The lowest BCUT2D eigenvalue weighted by molar-refractivity contribution is -0.123. The van der Waals surface area contributed by atoms with Gasteiger partial charge in [-0.05, 0) is 24.6 Å². The molecule has 1 rings (SSSR count). The van der Waals surface area contributed by atoms with E-state index < -0.39 is 0 Å². The third-order valence-corrected chi connectivity index (χ3v) is 2.51. The van der Waals surface area contributed by atoms with Gasteiger partial charge >= 0.3 is 0 Å². The number of aliphatic imine (C=N–C) groups is 1. The SMILES string of the molecule is Cc1cccc(NC(N)=NCCNC(=O)C(C)C)c1. The normalized spacial score (nSPS) is 11.5. The van der Waals surface area contributed by atoms with Crippen molar-refractivity contribution in [3.8, 4) is 0 Å². The maximum Gasteiger partial charge on any atom is 0.222 e. The lowest BCUT2D eigenvalue weighted by Gasteiger charge is -2.08. The summed E-state index contributed by atoms with van der Waals surface area (Å²) in [5.74, 6) is 0.372. The summed E-state index contributed by atoms with van der Waals surface area (Å²) in [4.78, 5) is 15.5. The maximum atomic E-state index is 11.3. The Labute approximate surface area is 114 Å². The Bertz CT molecular complexity index is 455. The van der Waals surface area contributed by atoms with Crippen LogP contribution in [0.25, 0.3) is 0 Å². The predicted molar refractivity (Wildman–Crippen MR) is 79.1 cm³/mol. The van der Waals surface area contributed by atoms with Gasteiger partial charge in [0.1, 0.15) is 0 Å². The summed E-state index contributed by atoms with van der Waals surface area (Å²) in [6.45, 7) is 6.68. The number of guanidine groups is 1. The van der Waals surface area contributed by atoms with Crippen LogP contribution in [0.1, 0.15) is 19.4 Å². The van der Waals surface area contributed by atoms with Crippen LogP contribution in [0, 0.1) is 12.8 Å². The van der Waals surface area contributed by atoms with E-state index >= 15 is 0 Å². The Hall–Kier alpha value is -2.04. The lowest BCUT2D eigenvalue weighted by atomic mass is 10.2. The summed E-state index contributed by atoms with van der Waals surface area (Å²) in [7, 11) is 0. The van der Waals surface area contributed by atoms with E-state index in [-0.39, 0.29) is 11.8 Å². The zero-order valence-electron chi connectivity index (χ0n) is 11.7. The first kappa shape index (κ1) is 15.0. The molecule has 1 aromatic carbocycles. The fourth-order valence-corrected chi connectivity index (χ4v) is 1.47. The molecule has 0 radical (unpaired) electrons. The van der Waals surface area contributed by atoms with Gasteiger partial charge < -0.3 is 16.4 Å². The van der Waals surface area contributed by atoms with E-state index in [2.05, 4.69) is 15.6 Å². The van der Waals surface area contributed by atoms with Crippen LogP contribution in [-0.2, 0) is 4.79 Å². The van der Waals surface area contributed by atoms with Gasteiger partial charge in [0.25, 0.3) is 0 Å². The number of hydrogen-bond acceptors (Lipinski definition) is 2. The number of nitrogens with two attached hydrogens (primary N) is 1. The van der Waals surface area contributed by atoms with Crippen LogP contribution in [0.15, 0.2) is 29.3 Å². The molecule has 0 atom stereocenters. The number of carbonyl (C=O) groups is 1. The Morgan fingerprint density at radius 2 is 2.16 bits per heavy atom. The van der Waals surface area contributed by atoms with Crippen LogP contribution in [0.3, 0.4) is 0 Å². The van der Waals surface area contributed by atoms with Crippen molar-refractivity contribution in [2.45, 2.75) is 20.8 Å². The predicted octanol–water partition coefficient (Wildman–Crippen LogP) is 1.49. The lowest BCUT2D eigenvalue weighted by Crippen LogP contribution is -2.31. The van der Waals surface area contributed by atoms with Gasteiger partial charge in [0.15, 0.2) is 5.96 Å². The van der Waals surface area contributed by atoms with Gasteiger partial charge in [0, 0.05) is 18.2 Å². The Morgan fingerprint density at radius 1 is 1.42 bits per heavy atom. The van der Waals surface area contributed by atoms with E-state index in [9.17, 15) is 4.79 Å². The number of amides is 1. The maximum absolute atomic E-state index is 11.3. The Balaban J connectivity index is 2.35. The molecule has 0 spiro atoms. The highest BCUT2D eigenvalue weighted by Crippen LogP contribution is 2.08. The van der Waals surface area contributed by atoms with Crippen molar-refractivity contribution in [2.24, 2.45) is 16.6 Å². The van der Waals surface area contributed by atoms with Crippen LogP contribution in [0.5, 0.6) is 0 Å². The number of nitrogens with one attached hydrogen (secondary N) is 2. The van der Waals surface area contributed by atoms with Crippen molar-refractivity contribution in [1.29, 1.82) is 0 Å².